The maximum Gasteiger partial charge on any atom is 0.225 e. The molecule has 0 amide bonds. The van der Waals surface area contributed by atoms with Crippen LogP contribution < -0.4 is 4.90 Å². The molecule has 0 radical (unpaired) electrons. The maximum absolute atomic E-state index is 12.9. The van der Waals surface area contributed by atoms with E-state index in [9.17, 15) is 4.39 Å². The van der Waals surface area contributed by atoms with Crippen molar-refractivity contribution < 1.29 is 4.39 Å². The van der Waals surface area contributed by atoms with E-state index in [1.807, 2.05) is 11.1 Å². The zero-order chi connectivity index (χ0) is 14.9. The van der Waals surface area contributed by atoms with Crippen molar-refractivity contribution in [3.8, 4) is 0 Å². The first-order chi connectivity index (χ1) is 10.8. The van der Waals surface area contributed by atoms with Gasteiger partial charge in [0, 0.05) is 13.1 Å². The van der Waals surface area contributed by atoms with Gasteiger partial charge in [0.25, 0.3) is 0 Å². The van der Waals surface area contributed by atoms with Crippen LogP contribution in [-0.4, -0.2) is 40.8 Å². The molecule has 1 aliphatic heterocycles. The Labute approximate surface area is 125 Å². The highest BCUT2D eigenvalue weighted by Crippen LogP contribution is 2.18. The second-order valence-electron chi connectivity index (χ2n) is 5.03. The molecule has 0 atom stereocenters. The molecule has 1 aliphatic rings. The molecule has 3 aromatic heterocycles. The SMILES string of the molecule is Fc1cnc(N2CCn3c(Cn4cncn4)cnc3C2)nc1. The molecule has 0 unspecified atom stereocenters. The second kappa shape index (κ2) is 5.17. The van der Waals surface area contributed by atoms with Crippen LogP contribution in [0.25, 0.3) is 0 Å². The van der Waals surface area contributed by atoms with Gasteiger partial charge in [-0.05, 0) is 0 Å². The van der Waals surface area contributed by atoms with Crippen molar-refractivity contribution in [2.45, 2.75) is 19.6 Å². The highest BCUT2D eigenvalue weighted by Gasteiger charge is 2.21. The smallest absolute Gasteiger partial charge is 0.225 e. The van der Waals surface area contributed by atoms with Gasteiger partial charge >= 0.3 is 0 Å². The third kappa shape index (κ3) is 2.30. The van der Waals surface area contributed by atoms with Crippen molar-refractivity contribution in [1.29, 1.82) is 0 Å². The summed E-state index contributed by atoms with van der Waals surface area (Å²) in [5.74, 6) is 1.03. The van der Waals surface area contributed by atoms with Crippen molar-refractivity contribution >= 4 is 5.95 Å². The zero-order valence-electron chi connectivity index (χ0n) is 11.7. The van der Waals surface area contributed by atoms with Crippen LogP contribution in [0.15, 0.2) is 31.2 Å². The number of nitrogens with zero attached hydrogens (tertiary/aromatic N) is 8. The number of imidazole rings is 1. The Morgan fingerprint density at radius 3 is 2.73 bits per heavy atom. The molecule has 0 N–H and O–H groups in total. The van der Waals surface area contributed by atoms with Gasteiger partial charge in [-0.1, -0.05) is 0 Å². The first kappa shape index (κ1) is 12.9. The molecule has 0 bridgehead atoms. The van der Waals surface area contributed by atoms with Gasteiger partial charge in [0.15, 0.2) is 5.82 Å². The van der Waals surface area contributed by atoms with Crippen LogP contribution in [0.1, 0.15) is 11.5 Å². The molecule has 0 aliphatic carbocycles. The molecule has 22 heavy (non-hydrogen) atoms. The van der Waals surface area contributed by atoms with Crippen molar-refractivity contribution in [3.63, 3.8) is 0 Å². The zero-order valence-corrected chi connectivity index (χ0v) is 11.7. The first-order valence-electron chi connectivity index (χ1n) is 6.88. The van der Waals surface area contributed by atoms with E-state index in [-0.39, 0.29) is 0 Å². The third-order valence-electron chi connectivity index (χ3n) is 3.63. The highest BCUT2D eigenvalue weighted by molar-refractivity contribution is 5.31. The summed E-state index contributed by atoms with van der Waals surface area (Å²) in [6, 6.07) is 0. The number of halogens is 1. The number of rotatable bonds is 3. The van der Waals surface area contributed by atoms with E-state index in [0.717, 1.165) is 24.6 Å². The monoisotopic (exact) mass is 300 g/mol. The van der Waals surface area contributed by atoms with Gasteiger partial charge in [0.1, 0.15) is 18.5 Å². The fourth-order valence-corrected chi connectivity index (χ4v) is 2.57. The van der Waals surface area contributed by atoms with Crippen molar-refractivity contribution in [3.05, 3.63) is 48.6 Å². The topological polar surface area (TPSA) is 77.5 Å². The lowest BCUT2D eigenvalue weighted by molar-refractivity contribution is 0.520. The van der Waals surface area contributed by atoms with E-state index in [4.69, 9.17) is 0 Å². The summed E-state index contributed by atoms with van der Waals surface area (Å²) in [5, 5.41) is 4.11. The Morgan fingerprint density at radius 2 is 1.95 bits per heavy atom. The van der Waals surface area contributed by atoms with E-state index in [0.29, 0.717) is 19.0 Å². The van der Waals surface area contributed by atoms with Gasteiger partial charge in [-0.25, -0.2) is 29.0 Å². The quantitative estimate of drug-likeness (QED) is 0.700. The van der Waals surface area contributed by atoms with E-state index in [2.05, 4.69) is 29.6 Å². The van der Waals surface area contributed by atoms with Crippen LogP contribution in [0.4, 0.5) is 10.3 Å². The Hall–Kier alpha value is -2.84. The molecule has 8 nitrogen and oxygen atoms in total. The minimum atomic E-state index is -0.433. The molecule has 0 saturated heterocycles. The molecule has 0 aromatic carbocycles. The fourth-order valence-electron chi connectivity index (χ4n) is 2.57. The van der Waals surface area contributed by atoms with E-state index in [1.165, 1.54) is 18.7 Å². The average molecular weight is 300 g/mol. The first-order valence-corrected chi connectivity index (χ1v) is 6.88. The standard InChI is InChI=1S/C13H13FN8/c14-10-3-17-13(18-4-10)20-1-2-22-11(5-16-12(22)7-20)6-21-9-15-8-19-21/h3-5,8-9H,1-2,6-7H2. The Balaban J connectivity index is 1.55. The molecule has 3 aromatic rings. The number of hydrogen-bond donors (Lipinski definition) is 0. The van der Waals surface area contributed by atoms with Crippen LogP contribution in [0, 0.1) is 5.82 Å². The van der Waals surface area contributed by atoms with E-state index in [1.54, 1.807) is 11.0 Å². The van der Waals surface area contributed by atoms with Gasteiger partial charge in [0.2, 0.25) is 5.95 Å². The number of aromatic nitrogens is 7. The predicted octanol–water partition coefficient (Wildman–Crippen LogP) is 0.472. The van der Waals surface area contributed by atoms with Gasteiger partial charge in [-0.15, -0.1) is 0 Å². The second-order valence-corrected chi connectivity index (χ2v) is 5.03. The largest absolute Gasteiger partial charge is 0.332 e. The van der Waals surface area contributed by atoms with Crippen LogP contribution in [0.2, 0.25) is 0 Å². The predicted molar refractivity (Wildman–Crippen MR) is 74.4 cm³/mol. The summed E-state index contributed by atoms with van der Waals surface area (Å²) in [4.78, 5) is 18.4. The lowest BCUT2D eigenvalue weighted by atomic mass is 10.3. The molecule has 4 rings (SSSR count). The molecule has 0 fully saturated rings. The van der Waals surface area contributed by atoms with Crippen LogP contribution in [0.5, 0.6) is 0 Å². The fraction of sp³-hybridized carbons (Fsp3) is 0.308. The summed E-state index contributed by atoms with van der Waals surface area (Å²) in [6.45, 7) is 2.77. The van der Waals surface area contributed by atoms with Crippen LogP contribution >= 0.6 is 0 Å². The van der Waals surface area contributed by atoms with Gasteiger partial charge in [-0.2, -0.15) is 5.10 Å². The summed E-state index contributed by atoms with van der Waals surface area (Å²) >= 11 is 0. The number of anilines is 1. The molecule has 112 valence electrons. The van der Waals surface area contributed by atoms with Crippen molar-refractivity contribution in [2.75, 3.05) is 11.4 Å². The minimum absolute atomic E-state index is 0.433. The normalized spacial score (nSPS) is 14.1. The highest BCUT2D eigenvalue weighted by atomic mass is 19.1. The molecule has 0 spiro atoms. The van der Waals surface area contributed by atoms with E-state index < -0.39 is 5.82 Å². The Bertz CT molecular complexity index is 764. The van der Waals surface area contributed by atoms with Crippen LogP contribution in [-0.2, 0) is 19.6 Å². The summed E-state index contributed by atoms with van der Waals surface area (Å²) < 4.78 is 16.8. The Kier molecular flexibility index (Phi) is 3.02. The van der Waals surface area contributed by atoms with Gasteiger partial charge < -0.3 is 9.47 Å². The van der Waals surface area contributed by atoms with Crippen molar-refractivity contribution in [2.24, 2.45) is 0 Å². The van der Waals surface area contributed by atoms with Crippen molar-refractivity contribution in [1.82, 2.24) is 34.3 Å². The summed E-state index contributed by atoms with van der Waals surface area (Å²) in [5.41, 5.74) is 1.08. The Morgan fingerprint density at radius 1 is 1.09 bits per heavy atom. The molecular weight excluding hydrogens is 287 g/mol. The van der Waals surface area contributed by atoms with E-state index >= 15 is 0 Å². The number of fused-ring (bicyclic) bond motifs is 1. The number of hydrogen-bond acceptors (Lipinski definition) is 6. The summed E-state index contributed by atoms with van der Waals surface area (Å²) in [6.07, 6.45) is 7.41. The minimum Gasteiger partial charge on any atom is -0.332 e. The summed E-state index contributed by atoms with van der Waals surface area (Å²) in [7, 11) is 0. The molecular formula is C13H13FN8. The molecule has 4 heterocycles. The molecule has 9 heteroatoms. The molecule has 0 saturated carbocycles. The third-order valence-corrected chi connectivity index (χ3v) is 3.63. The van der Waals surface area contributed by atoms with Gasteiger partial charge in [0.05, 0.1) is 37.4 Å². The van der Waals surface area contributed by atoms with Crippen LogP contribution in [0.3, 0.4) is 0 Å². The lowest BCUT2D eigenvalue weighted by Crippen LogP contribution is -2.35. The van der Waals surface area contributed by atoms with Gasteiger partial charge in [-0.3, -0.25) is 0 Å². The lowest BCUT2D eigenvalue weighted by Gasteiger charge is -2.28. The maximum atomic E-state index is 12.9. The average Bonchev–Trinajstić information content (AvgIpc) is 3.18.